The molecule has 1 aliphatic heterocycles. The Balaban J connectivity index is 1.77. The lowest BCUT2D eigenvalue weighted by Crippen LogP contribution is -2.35. The molecular weight excluding hydrogens is 192 g/mol. The summed E-state index contributed by atoms with van der Waals surface area (Å²) in [6, 6.07) is 1.05. The Kier molecular flexibility index (Phi) is 3.20. The van der Waals surface area contributed by atoms with Gasteiger partial charge in [0.25, 0.3) is 0 Å². The Morgan fingerprint density at radius 1 is 1.47 bits per heavy atom. The summed E-state index contributed by atoms with van der Waals surface area (Å²) in [5.41, 5.74) is 0. The van der Waals surface area contributed by atoms with Gasteiger partial charge in [0, 0.05) is 12.6 Å². The van der Waals surface area contributed by atoms with Crippen LogP contribution in [0, 0.1) is 6.92 Å². The molecule has 1 aromatic heterocycles. The number of nitrogens with one attached hydrogen (secondary N) is 1. The molecule has 1 atom stereocenters. The van der Waals surface area contributed by atoms with E-state index >= 15 is 0 Å². The molecule has 84 valence electrons. The van der Waals surface area contributed by atoms with Crippen molar-refractivity contribution in [3.05, 3.63) is 5.82 Å². The zero-order valence-electron chi connectivity index (χ0n) is 9.36. The second kappa shape index (κ2) is 4.61. The van der Waals surface area contributed by atoms with Gasteiger partial charge in [-0.1, -0.05) is 5.16 Å². The molecule has 0 aromatic carbocycles. The molecule has 1 aromatic rings. The molecular formula is C10H18N4O. The minimum absolute atomic E-state index is 0.526. The maximum Gasteiger partial charge on any atom is 0.321 e. The highest BCUT2D eigenvalue weighted by molar-refractivity contribution is 5.18. The average molecular weight is 210 g/mol. The Bertz CT molecular complexity index is 306. The summed E-state index contributed by atoms with van der Waals surface area (Å²) in [4.78, 5) is 6.58. The first-order valence-electron chi connectivity index (χ1n) is 5.54. The molecule has 1 N–H and O–H groups in total. The van der Waals surface area contributed by atoms with Gasteiger partial charge in [-0.2, -0.15) is 4.98 Å². The van der Waals surface area contributed by atoms with E-state index in [9.17, 15) is 0 Å². The van der Waals surface area contributed by atoms with Crippen molar-refractivity contribution in [3.63, 3.8) is 0 Å². The molecule has 1 unspecified atom stereocenters. The molecule has 15 heavy (non-hydrogen) atoms. The van der Waals surface area contributed by atoms with Crippen LogP contribution in [0.3, 0.4) is 0 Å². The summed E-state index contributed by atoms with van der Waals surface area (Å²) in [6.45, 7) is 7.33. The quantitative estimate of drug-likeness (QED) is 0.811. The average Bonchev–Trinajstić information content (AvgIpc) is 2.84. The molecule has 1 fully saturated rings. The van der Waals surface area contributed by atoms with Crippen molar-refractivity contribution >= 4 is 6.01 Å². The summed E-state index contributed by atoms with van der Waals surface area (Å²) in [5, 5.41) is 6.89. The standard InChI is InChI=1S/C10H18N4O/c1-8(14-5-3-4-6-14)7-11-10-12-9(2)13-15-10/h8H,3-7H2,1-2H3,(H,11,12,13). The lowest BCUT2D eigenvalue weighted by molar-refractivity contribution is 0.267. The molecule has 1 saturated heterocycles. The van der Waals surface area contributed by atoms with E-state index in [4.69, 9.17) is 4.52 Å². The van der Waals surface area contributed by atoms with Gasteiger partial charge < -0.3 is 9.84 Å². The maximum absolute atomic E-state index is 4.99. The van der Waals surface area contributed by atoms with Gasteiger partial charge in [-0.15, -0.1) is 0 Å². The van der Waals surface area contributed by atoms with Crippen LogP contribution in [-0.2, 0) is 0 Å². The van der Waals surface area contributed by atoms with Crippen LogP contribution >= 0.6 is 0 Å². The Morgan fingerprint density at radius 3 is 2.80 bits per heavy atom. The van der Waals surface area contributed by atoms with Crippen LogP contribution in [0.4, 0.5) is 6.01 Å². The Morgan fingerprint density at radius 2 is 2.20 bits per heavy atom. The van der Waals surface area contributed by atoms with Gasteiger partial charge in [0.05, 0.1) is 0 Å². The second-order valence-electron chi connectivity index (χ2n) is 4.12. The number of likely N-dealkylation sites (tertiary alicyclic amines) is 1. The van der Waals surface area contributed by atoms with Crippen LogP contribution in [0.15, 0.2) is 4.52 Å². The van der Waals surface area contributed by atoms with Crippen molar-refractivity contribution < 1.29 is 4.52 Å². The van der Waals surface area contributed by atoms with Crippen LogP contribution < -0.4 is 5.32 Å². The Labute approximate surface area is 89.8 Å². The first-order valence-corrected chi connectivity index (χ1v) is 5.54. The summed E-state index contributed by atoms with van der Waals surface area (Å²) < 4.78 is 4.99. The molecule has 2 rings (SSSR count). The van der Waals surface area contributed by atoms with Gasteiger partial charge in [-0.25, -0.2) is 0 Å². The van der Waals surface area contributed by atoms with Crippen molar-refractivity contribution in [2.75, 3.05) is 25.0 Å². The van der Waals surface area contributed by atoms with Gasteiger partial charge in [0.2, 0.25) is 0 Å². The van der Waals surface area contributed by atoms with Gasteiger partial charge in [-0.05, 0) is 39.8 Å². The minimum atomic E-state index is 0.526. The molecule has 2 heterocycles. The molecule has 1 aliphatic rings. The molecule has 0 radical (unpaired) electrons. The normalized spacial score (nSPS) is 19.3. The van der Waals surface area contributed by atoms with Gasteiger partial charge in [0.1, 0.15) is 0 Å². The topological polar surface area (TPSA) is 54.2 Å². The fraction of sp³-hybridized carbons (Fsp3) is 0.800. The molecule has 0 saturated carbocycles. The molecule has 5 heteroatoms. The van der Waals surface area contributed by atoms with Crippen molar-refractivity contribution in [1.29, 1.82) is 0 Å². The predicted molar refractivity (Wildman–Crippen MR) is 57.8 cm³/mol. The van der Waals surface area contributed by atoms with Crippen molar-refractivity contribution in [3.8, 4) is 0 Å². The SMILES string of the molecule is Cc1noc(NCC(C)N2CCCC2)n1. The Hall–Kier alpha value is -1.10. The smallest absolute Gasteiger partial charge is 0.321 e. The number of hydrogen-bond acceptors (Lipinski definition) is 5. The van der Waals surface area contributed by atoms with Crippen LogP contribution in [0.5, 0.6) is 0 Å². The summed E-state index contributed by atoms with van der Waals surface area (Å²) in [7, 11) is 0. The highest BCUT2D eigenvalue weighted by Crippen LogP contribution is 2.12. The van der Waals surface area contributed by atoms with Crippen LogP contribution in [0.2, 0.25) is 0 Å². The van der Waals surface area contributed by atoms with Gasteiger partial charge in [0.15, 0.2) is 5.82 Å². The van der Waals surface area contributed by atoms with Crippen LogP contribution in [0.1, 0.15) is 25.6 Å². The second-order valence-corrected chi connectivity index (χ2v) is 4.12. The summed E-state index contributed by atoms with van der Waals surface area (Å²) in [6.07, 6.45) is 2.65. The zero-order chi connectivity index (χ0) is 10.7. The molecule has 5 nitrogen and oxygen atoms in total. The van der Waals surface area contributed by atoms with Crippen LogP contribution in [-0.4, -0.2) is 40.7 Å². The molecule has 0 bridgehead atoms. The number of aryl methyl sites for hydroxylation is 1. The maximum atomic E-state index is 4.99. The number of anilines is 1. The lowest BCUT2D eigenvalue weighted by Gasteiger charge is -2.23. The predicted octanol–water partition coefficient (Wildman–Crippen LogP) is 1.27. The highest BCUT2D eigenvalue weighted by atomic mass is 16.5. The number of hydrogen-bond donors (Lipinski definition) is 1. The fourth-order valence-corrected chi connectivity index (χ4v) is 1.92. The van der Waals surface area contributed by atoms with E-state index in [2.05, 4.69) is 27.3 Å². The summed E-state index contributed by atoms with van der Waals surface area (Å²) in [5.74, 6) is 0.673. The van der Waals surface area contributed by atoms with Gasteiger partial charge in [-0.3, -0.25) is 4.90 Å². The number of aromatic nitrogens is 2. The van der Waals surface area contributed by atoms with E-state index < -0.39 is 0 Å². The van der Waals surface area contributed by atoms with E-state index in [-0.39, 0.29) is 0 Å². The molecule has 0 aliphatic carbocycles. The highest BCUT2D eigenvalue weighted by Gasteiger charge is 2.18. The van der Waals surface area contributed by atoms with E-state index in [1.165, 1.54) is 25.9 Å². The van der Waals surface area contributed by atoms with E-state index in [0.29, 0.717) is 17.9 Å². The van der Waals surface area contributed by atoms with Crippen LogP contribution in [0.25, 0.3) is 0 Å². The van der Waals surface area contributed by atoms with Crippen molar-refractivity contribution in [1.82, 2.24) is 15.0 Å². The van der Waals surface area contributed by atoms with E-state index in [1.54, 1.807) is 0 Å². The van der Waals surface area contributed by atoms with E-state index in [1.807, 2.05) is 6.92 Å². The first kappa shape index (κ1) is 10.4. The van der Waals surface area contributed by atoms with Crippen molar-refractivity contribution in [2.24, 2.45) is 0 Å². The molecule has 0 spiro atoms. The minimum Gasteiger partial charge on any atom is -0.336 e. The zero-order valence-corrected chi connectivity index (χ0v) is 9.36. The lowest BCUT2D eigenvalue weighted by atomic mass is 10.3. The largest absolute Gasteiger partial charge is 0.336 e. The van der Waals surface area contributed by atoms with Gasteiger partial charge >= 0.3 is 6.01 Å². The van der Waals surface area contributed by atoms with Crippen molar-refractivity contribution in [2.45, 2.75) is 32.7 Å². The number of rotatable bonds is 4. The third kappa shape index (κ3) is 2.68. The summed E-state index contributed by atoms with van der Waals surface area (Å²) >= 11 is 0. The third-order valence-electron chi connectivity index (χ3n) is 2.84. The molecule has 0 amide bonds. The first-order chi connectivity index (χ1) is 7.25. The monoisotopic (exact) mass is 210 g/mol. The van der Waals surface area contributed by atoms with E-state index in [0.717, 1.165) is 6.54 Å². The fourth-order valence-electron chi connectivity index (χ4n) is 1.92. The third-order valence-corrected chi connectivity index (χ3v) is 2.84. The number of nitrogens with zero attached hydrogens (tertiary/aromatic N) is 3.